The van der Waals surface area contributed by atoms with E-state index in [1.165, 1.54) is 6.92 Å². The second kappa shape index (κ2) is 5.09. The van der Waals surface area contributed by atoms with E-state index in [0.29, 0.717) is 5.82 Å². The van der Waals surface area contributed by atoms with Gasteiger partial charge in [0.1, 0.15) is 11.9 Å². The highest BCUT2D eigenvalue weighted by Gasteiger charge is 2.13. The van der Waals surface area contributed by atoms with Gasteiger partial charge in [0, 0.05) is 13.1 Å². The fourth-order valence-electron chi connectivity index (χ4n) is 1.04. The van der Waals surface area contributed by atoms with Crippen LogP contribution in [0.25, 0.3) is 0 Å². The summed E-state index contributed by atoms with van der Waals surface area (Å²) in [6.45, 7) is 2.98. The molecule has 0 aliphatic rings. The van der Waals surface area contributed by atoms with Crippen LogP contribution in [0.5, 0.6) is 0 Å². The van der Waals surface area contributed by atoms with Gasteiger partial charge in [-0.25, -0.2) is 4.98 Å². The Bertz CT molecular complexity index is 351. The summed E-state index contributed by atoms with van der Waals surface area (Å²) in [4.78, 5) is 26.1. The topological polar surface area (TPSA) is 71.1 Å². The van der Waals surface area contributed by atoms with Crippen molar-refractivity contribution in [3.05, 3.63) is 24.4 Å². The summed E-state index contributed by atoms with van der Waals surface area (Å²) in [5.74, 6) is -0.0535. The zero-order valence-corrected chi connectivity index (χ0v) is 8.65. The Morgan fingerprint density at radius 2 is 2.13 bits per heavy atom. The van der Waals surface area contributed by atoms with Crippen LogP contribution in [0, 0.1) is 0 Å². The number of aromatic nitrogens is 1. The van der Waals surface area contributed by atoms with Crippen LogP contribution in [0.15, 0.2) is 24.4 Å². The highest BCUT2D eigenvalue weighted by atomic mass is 16.2. The number of pyridine rings is 1. The van der Waals surface area contributed by atoms with Gasteiger partial charge in [-0.1, -0.05) is 6.07 Å². The van der Waals surface area contributed by atoms with Crippen molar-refractivity contribution in [2.45, 2.75) is 19.9 Å². The Hall–Kier alpha value is -1.91. The van der Waals surface area contributed by atoms with Crippen molar-refractivity contribution in [2.24, 2.45) is 0 Å². The largest absolute Gasteiger partial charge is 0.345 e. The molecule has 1 aromatic heterocycles. The van der Waals surface area contributed by atoms with Crippen molar-refractivity contribution in [3.63, 3.8) is 0 Å². The molecule has 2 amide bonds. The second-order valence-electron chi connectivity index (χ2n) is 3.13. The van der Waals surface area contributed by atoms with Crippen LogP contribution in [0.3, 0.4) is 0 Å². The molecule has 1 rings (SSSR count). The summed E-state index contributed by atoms with van der Waals surface area (Å²) in [6, 6.07) is 4.64. The smallest absolute Gasteiger partial charge is 0.247 e. The molecule has 5 nitrogen and oxygen atoms in total. The fourth-order valence-corrected chi connectivity index (χ4v) is 1.04. The number of hydrogen-bond acceptors (Lipinski definition) is 3. The number of nitrogens with zero attached hydrogens (tertiary/aromatic N) is 1. The van der Waals surface area contributed by atoms with Gasteiger partial charge in [-0.3, -0.25) is 9.59 Å². The maximum Gasteiger partial charge on any atom is 0.247 e. The van der Waals surface area contributed by atoms with Crippen LogP contribution in [-0.2, 0) is 9.59 Å². The fraction of sp³-hybridized carbons (Fsp3) is 0.300. The summed E-state index contributed by atoms with van der Waals surface area (Å²) in [5, 5.41) is 5.07. The van der Waals surface area contributed by atoms with E-state index in [1.54, 1.807) is 31.3 Å². The number of nitrogens with one attached hydrogen (secondary N) is 2. The number of rotatable bonds is 3. The van der Waals surface area contributed by atoms with Gasteiger partial charge in [0.15, 0.2) is 0 Å². The Kier molecular flexibility index (Phi) is 3.79. The van der Waals surface area contributed by atoms with Gasteiger partial charge in [-0.2, -0.15) is 0 Å². The van der Waals surface area contributed by atoms with Gasteiger partial charge in [0.2, 0.25) is 11.8 Å². The van der Waals surface area contributed by atoms with Gasteiger partial charge in [0.05, 0.1) is 0 Å². The number of anilines is 1. The van der Waals surface area contributed by atoms with E-state index in [4.69, 9.17) is 0 Å². The zero-order chi connectivity index (χ0) is 11.3. The molecule has 0 aliphatic heterocycles. The zero-order valence-electron chi connectivity index (χ0n) is 8.65. The molecule has 2 N–H and O–H groups in total. The van der Waals surface area contributed by atoms with E-state index in [-0.39, 0.29) is 11.8 Å². The minimum absolute atomic E-state index is 0.237. The standard InChI is InChI=1S/C10H13N3O2/c1-7(12-8(2)14)10(15)13-9-5-3-4-6-11-9/h3-7H,1-2H3,(H,12,14)(H,11,13,15)/t7-/m0/s1. The van der Waals surface area contributed by atoms with E-state index in [0.717, 1.165) is 0 Å². The quantitative estimate of drug-likeness (QED) is 0.760. The molecule has 1 aromatic rings. The minimum Gasteiger partial charge on any atom is -0.345 e. The first-order valence-electron chi connectivity index (χ1n) is 4.58. The average Bonchev–Trinajstić information content (AvgIpc) is 2.18. The number of hydrogen-bond donors (Lipinski definition) is 2. The SMILES string of the molecule is CC(=O)N[C@@H](C)C(=O)Nc1ccccn1. The predicted octanol–water partition coefficient (Wildman–Crippen LogP) is 0.545. The first kappa shape index (κ1) is 11.2. The van der Waals surface area contributed by atoms with Gasteiger partial charge < -0.3 is 10.6 Å². The van der Waals surface area contributed by atoms with Crippen LogP contribution < -0.4 is 10.6 Å². The molecule has 0 bridgehead atoms. The molecule has 1 atom stereocenters. The third kappa shape index (κ3) is 3.76. The molecule has 0 aromatic carbocycles. The molecular formula is C10H13N3O2. The molecule has 5 heteroatoms. The van der Waals surface area contributed by atoms with E-state index >= 15 is 0 Å². The van der Waals surface area contributed by atoms with Crippen molar-refractivity contribution in [3.8, 4) is 0 Å². The predicted molar refractivity (Wildman–Crippen MR) is 56.1 cm³/mol. The summed E-state index contributed by atoms with van der Waals surface area (Å²) < 4.78 is 0. The summed E-state index contributed by atoms with van der Waals surface area (Å²) in [7, 11) is 0. The molecule has 80 valence electrons. The molecule has 0 spiro atoms. The molecule has 0 radical (unpaired) electrons. The third-order valence-corrected chi connectivity index (χ3v) is 1.73. The Labute approximate surface area is 87.9 Å². The van der Waals surface area contributed by atoms with E-state index in [9.17, 15) is 9.59 Å². The molecule has 0 saturated heterocycles. The minimum atomic E-state index is -0.565. The lowest BCUT2D eigenvalue weighted by atomic mass is 10.3. The van der Waals surface area contributed by atoms with Crippen molar-refractivity contribution < 1.29 is 9.59 Å². The molecule has 1 heterocycles. The molecule has 0 saturated carbocycles. The van der Waals surface area contributed by atoms with Crippen LogP contribution in [0.4, 0.5) is 5.82 Å². The first-order valence-corrected chi connectivity index (χ1v) is 4.58. The summed E-state index contributed by atoms with van der Waals surface area (Å²) in [5.41, 5.74) is 0. The van der Waals surface area contributed by atoms with Gasteiger partial charge >= 0.3 is 0 Å². The lowest BCUT2D eigenvalue weighted by molar-refractivity contribution is -0.124. The molecular weight excluding hydrogens is 194 g/mol. The van der Waals surface area contributed by atoms with Gasteiger partial charge in [-0.05, 0) is 19.1 Å². The van der Waals surface area contributed by atoms with E-state index in [1.807, 2.05) is 0 Å². The van der Waals surface area contributed by atoms with E-state index < -0.39 is 6.04 Å². The van der Waals surface area contributed by atoms with Crippen molar-refractivity contribution in [1.82, 2.24) is 10.3 Å². The maximum absolute atomic E-state index is 11.5. The lowest BCUT2D eigenvalue weighted by Crippen LogP contribution is -2.40. The van der Waals surface area contributed by atoms with Crippen molar-refractivity contribution in [2.75, 3.05) is 5.32 Å². The maximum atomic E-state index is 11.5. The number of amides is 2. The normalized spacial score (nSPS) is 11.6. The number of carbonyl (C=O) groups excluding carboxylic acids is 2. The molecule has 0 aliphatic carbocycles. The molecule has 0 fully saturated rings. The monoisotopic (exact) mass is 207 g/mol. The van der Waals surface area contributed by atoms with Crippen molar-refractivity contribution >= 4 is 17.6 Å². The van der Waals surface area contributed by atoms with Crippen molar-refractivity contribution in [1.29, 1.82) is 0 Å². The summed E-state index contributed by atoms with van der Waals surface area (Å²) >= 11 is 0. The second-order valence-corrected chi connectivity index (χ2v) is 3.13. The first-order chi connectivity index (χ1) is 7.09. The Balaban J connectivity index is 2.52. The Morgan fingerprint density at radius 1 is 1.40 bits per heavy atom. The molecule has 0 unspecified atom stereocenters. The van der Waals surface area contributed by atoms with Crippen LogP contribution in [0.2, 0.25) is 0 Å². The molecule has 15 heavy (non-hydrogen) atoms. The highest BCUT2D eigenvalue weighted by molar-refractivity contribution is 5.95. The summed E-state index contributed by atoms with van der Waals surface area (Å²) in [6.07, 6.45) is 1.58. The lowest BCUT2D eigenvalue weighted by Gasteiger charge is -2.11. The van der Waals surface area contributed by atoms with Crippen LogP contribution in [-0.4, -0.2) is 22.8 Å². The van der Waals surface area contributed by atoms with Gasteiger partial charge in [0.25, 0.3) is 0 Å². The Morgan fingerprint density at radius 3 is 2.67 bits per heavy atom. The van der Waals surface area contributed by atoms with E-state index in [2.05, 4.69) is 15.6 Å². The van der Waals surface area contributed by atoms with Crippen LogP contribution >= 0.6 is 0 Å². The average molecular weight is 207 g/mol. The number of carbonyl (C=O) groups is 2. The van der Waals surface area contributed by atoms with Gasteiger partial charge in [-0.15, -0.1) is 0 Å². The van der Waals surface area contributed by atoms with Crippen LogP contribution in [0.1, 0.15) is 13.8 Å². The third-order valence-electron chi connectivity index (χ3n) is 1.73. The highest BCUT2D eigenvalue weighted by Crippen LogP contribution is 2.00.